The summed E-state index contributed by atoms with van der Waals surface area (Å²) in [5.74, 6) is 1.65. The predicted molar refractivity (Wildman–Crippen MR) is 84.7 cm³/mol. The summed E-state index contributed by atoms with van der Waals surface area (Å²) in [5, 5.41) is 4.07. The number of hydrogen-bond acceptors (Lipinski definition) is 5. The van der Waals surface area contributed by atoms with Crippen molar-refractivity contribution in [2.45, 2.75) is 76.4 Å². The van der Waals surface area contributed by atoms with Crippen molar-refractivity contribution in [1.29, 1.82) is 0 Å². The van der Waals surface area contributed by atoms with Crippen LogP contribution in [0.1, 0.15) is 69.1 Å². The maximum atomic E-state index is 13.0. The summed E-state index contributed by atoms with van der Waals surface area (Å²) in [7, 11) is 0. The number of likely N-dealkylation sites (tertiary alicyclic amines) is 1. The maximum Gasteiger partial charge on any atom is 0.237 e. The van der Waals surface area contributed by atoms with E-state index in [1.165, 1.54) is 38.5 Å². The zero-order chi connectivity index (χ0) is 15.8. The van der Waals surface area contributed by atoms with Gasteiger partial charge in [0.1, 0.15) is 0 Å². The van der Waals surface area contributed by atoms with Crippen molar-refractivity contribution in [3.63, 3.8) is 0 Å². The monoisotopic (exact) mass is 318 g/mol. The molecule has 0 aromatic carbocycles. The first kappa shape index (κ1) is 15.1. The van der Waals surface area contributed by atoms with Gasteiger partial charge < -0.3 is 9.42 Å². The third-order valence-electron chi connectivity index (χ3n) is 5.49. The molecule has 1 aromatic heterocycles. The second-order valence-electron chi connectivity index (χ2n) is 7.27. The van der Waals surface area contributed by atoms with Crippen LogP contribution in [0, 0.1) is 6.92 Å². The zero-order valence-corrected chi connectivity index (χ0v) is 13.9. The molecular weight excluding hydrogens is 292 g/mol. The highest BCUT2D eigenvalue weighted by Gasteiger charge is 2.40. The first-order valence-electron chi connectivity index (χ1n) is 9.08. The van der Waals surface area contributed by atoms with E-state index >= 15 is 0 Å². The molecule has 1 amide bonds. The molecule has 3 aliphatic rings. The number of aryl methyl sites for hydroxylation is 1. The third kappa shape index (κ3) is 3.13. The van der Waals surface area contributed by atoms with E-state index in [0.29, 0.717) is 30.4 Å². The lowest BCUT2D eigenvalue weighted by atomic mass is 10.2. The third-order valence-corrected chi connectivity index (χ3v) is 5.49. The lowest BCUT2D eigenvalue weighted by molar-refractivity contribution is -0.135. The van der Waals surface area contributed by atoms with Gasteiger partial charge in [0.25, 0.3) is 0 Å². The SMILES string of the molecule is Cc1nc([C@H]2CCCN2CC(=O)N(C2CCCC2)C2CC2)no1. The molecule has 2 aliphatic carbocycles. The molecule has 3 fully saturated rings. The van der Waals surface area contributed by atoms with Gasteiger partial charge in [-0.25, -0.2) is 0 Å². The zero-order valence-electron chi connectivity index (χ0n) is 13.9. The first-order chi connectivity index (χ1) is 11.2. The van der Waals surface area contributed by atoms with Gasteiger partial charge in [0, 0.05) is 19.0 Å². The number of amides is 1. The Hall–Kier alpha value is -1.43. The lowest BCUT2D eigenvalue weighted by Crippen LogP contribution is -2.46. The molecule has 126 valence electrons. The Kier molecular flexibility index (Phi) is 4.09. The van der Waals surface area contributed by atoms with Gasteiger partial charge in [0.15, 0.2) is 5.82 Å². The minimum atomic E-state index is 0.140. The highest BCUT2D eigenvalue weighted by atomic mass is 16.5. The molecule has 0 radical (unpaired) electrons. The summed E-state index contributed by atoms with van der Waals surface area (Å²) in [6.07, 6.45) is 9.42. The summed E-state index contributed by atoms with van der Waals surface area (Å²) < 4.78 is 5.12. The summed E-state index contributed by atoms with van der Waals surface area (Å²) in [6.45, 7) is 3.27. The van der Waals surface area contributed by atoms with Gasteiger partial charge in [0.05, 0.1) is 12.6 Å². The number of carbonyl (C=O) groups excluding carboxylic acids is 1. The summed E-state index contributed by atoms with van der Waals surface area (Å²) in [5.41, 5.74) is 0. The standard InChI is InChI=1S/C17H26N4O2/c1-12-18-17(19-23-12)15-7-4-10-20(15)11-16(22)21(14-8-9-14)13-5-2-3-6-13/h13-15H,2-11H2,1H3/t15-/m1/s1. The van der Waals surface area contributed by atoms with Crippen LogP contribution in [0.15, 0.2) is 4.52 Å². The van der Waals surface area contributed by atoms with E-state index in [1.54, 1.807) is 0 Å². The van der Waals surface area contributed by atoms with Crippen molar-refractivity contribution in [2.24, 2.45) is 0 Å². The Bertz CT molecular complexity index is 563. The molecule has 23 heavy (non-hydrogen) atoms. The first-order valence-corrected chi connectivity index (χ1v) is 9.08. The Morgan fingerprint density at radius 1 is 1.17 bits per heavy atom. The molecule has 6 heteroatoms. The normalized spacial score (nSPS) is 26.0. The highest BCUT2D eigenvalue weighted by molar-refractivity contribution is 5.79. The number of nitrogens with zero attached hydrogens (tertiary/aromatic N) is 4. The van der Waals surface area contributed by atoms with Crippen LogP contribution in [-0.2, 0) is 4.79 Å². The van der Waals surface area contributed by atoms with Gasteiger partial charge in [-0.05, 0) is 45.1 Å². The van der Waals surface area contributed by atoms with Crippen LogP contribution in [0.25, 0.3) is 0 Å². The summed E-state index contributed by atoms with van der Waals surface area (Å²) in [4.78, 5) is 21.8. The average Bonchev–Trinajstić information content (AvgIpc) is 2.95. The van der Waals surface area contributed by atoms with E-state index < -0.39 is 0 Å². The molecule has 0 unspecified atom stereocenters. The van der Waals surface area contributed by atoms with Crippen molar-refractivity contribution in [3.8, 4) is 0 Å². The fourth-order valence-corrected chi connectivity index (χ4v) is 4.25. The quantitative estimate of drug-likeness (QED) is 0.834. The highest BCUT2D eigenvalue weighted by Crippen LogP contribution is 2.36. The largest absolute Gasteiger partial charge is 0.340 e. The Labute approximate surface area is 137 Å². The second kappa shape index (κ2) is 6.23. The summed E-state index contributed by atoms with van der Waals surface area (Å²) in [6, 6.07) is 1.14. The van der Waals surface area contributed by atoms with Crippen molar-refractivity contribution < 1.29 is 9.32 Å². The number of rotatable bonds is 5. The predicted octanol–water partition coefficient (Wildman–Crippen LogP) is 2.45. The smallest absolute Gasteiger partial charge is 0.237 e. The molecule has 1 saturated heterocycles. The van der Waals surface area contributed by atoms with Crippen LogP contribution in [0.4, 0.5) is 0 Å². The molecule has 1 aromatic rings. The van der Waals surface area contributed by atoms with Crippen molar-refractivity contribution in [3.05, 3.63) is 11.7 Å². The van der Waals surface area contributed by atoms with E-state index in [4.69, 9.17) is 4.52 Å². The van der Waals surface area contributed by atoms with Crippen LogP contribution in [0.3, 0.4) is 0 Å². The molecule has 0 N–H and O–H groups in total. The molecule has 0 spiro atoms. The molecule has 4 rings (SSSR count). The topological polar surface area (TPSA) is 62.5 Å². The van der Waals surface area contributed by atoms with E-state index in [2.05, 4.69) is 19.9 Å². The Morgan fingerprint density at radius 3 is 2.57 bits per heavy atom. The molecular formula is C17H26N4O2. The average molecular weight is 318 g/mol. The Balaban J connectivity index is 1.44. The number of carbonyl (C=O) groups is 1. The van der Waals surface area contributed by atoms with Crippen molar-refractivity contribution in [2.75, 3.05) is 13.1 Å². The lowest BCUT2D eigenvalue weighted by Gasteiger charge is -2.32. The molecule has 1 atom stereocenters. The van der Waals surface area contributed by atoms with E-state index in [0.717, 1.165) is 25.2 Å². The van der Waals surface area contributed by atoms with Crippen LogP contribution in [0.5, 0.6) is 0 Å². The van der Waals surface area contributed by atoms with Gasteiger partial charge in [-0.15, -0.1) is 0 Å². The molecule has 2 saturated carbocycles. The van der Waals surface area contributed by atoms with Gasteiger partial charge in [-0.3, -0.25) is 9.69 Å². The van der Waals surface area contributed by atoms with Crippen LogP contribution < -0.4 is 0 Å². The fourth-order valence-electron chi connectivity index (χ4n) is 4.25. The van der Waals surface area contributed by atoms with Crippen LogP contribution >= 0.6 is 0 Å². The van der Waals surface area contributed by atoms with Gasteiger partial charge in [-0.1, -0.05) is 18.0 Å². The van der Waals surface area contributed by atoms with Crippen LogP contribution in [0.2, 0.25) is 0 Å². The van der Waals surface area contributed by atoms with E-state index in [-0.39, 0.29) is 6.04 Å². The minimum absolute atomic E-state index is 0.140. The van der Waals surface area contributed by atoms with E-state index in [1.807, 2.05) is 6.92 Å². The second-order valence-corrected chi connectivity index (χ2v) is 7.27. The van der Waals surface area contributed by atoms with Crippen molar-refractivity contribution in [1.82, 2.24) is 19.9 Å². The van der Waals surface area contributed by atoms with Gasteiger partial charge in [0.2, 0.25) is 11.8 Å². The van der Waals surface area contributed by atoms with Crippen molar-refractivity contribution >= 4 is 5.91 Å². The maximum absolute atomic E-state index is 13.0. The van der Waals surface area contributed by atoms with Gasteiger partial charge in [-0.2, -0.15) is 4.98 Å². The molecule has 2 heterocycles. The molecule has 6 nitrogen and oxygen atoms in total. The fraction of sp³-hybridized carbons (Fsp3) is 0.824. The molecule has 1 aliphatic heterocycles. The number of aromatic nitrogens is 2. The molecule has 0 bridgehead atoms. The van der Waals surface area contributed by atoms with E-state index in [9.17, 15) is 4.79 Å². The summed E-state index contributed by atoms with van der Waals surface area (Å²) >= 11 is 0. The Morgan fingerprint density at radius 2 is 1.91 bits per heavy atom. The number of hydrogen-bond donors (Lipinski definition) is 0. The van der Waals surface area contributed by atoms with Crippen LogP contribution in [-0.4, -0.2) is 51.0 Å². The van der Waals surface area contributed by atoms with Gasteiger partial charge >= 0.3 is 0 Å². The minimum Gasteiger partial charge on any atom is -0.340 e.